The van der Waals surface area contributed by atoms with Gasteiger partial charge in [0.15, 0.2) is 0 Å². The topological polar surface area (TPSA) is 107 Å². The van der Waals surface area contributed by atoms with Gasteiger partial charge in [0.1, 0.15) is 12.1 Å². The summed E-state index contributed by atoms with van der Waals surface area (Å²) in [6, 6.07) is 21.0. The van der Waals surface area contributed by atoms with Gasteiger partial charge in [-0.15, -0.1) is 0 Å². The van der Waals surface area contributed by atoms with Crippen molar-refractivity contribution in [2.24, 2.45) is 4.99 Å². The number of aliphatic imine (C=N–C) groups is 1. The number of anilines is 1. The highest BCUT2D eigenvalue weighted by Crippen LogP contribution is 2.28. The van der Waals surface area contributed by atoms with Crippen molar-refractivity contribution in [1.29, 1.82) is 0 Å². The minimum absolute atomic E-state index is 0.0422. The van der Waals surface area contributed by atoms with Gasteiger partial charge in [0, 0.05) is 36.8 Å². The third-order valence-electron chi connectivity index (χ3n) is 6.99. The first-order chi connectivity index (χ1) is 18.4. The molecule has 1 fully saturated rings. The van der Waals surface area contributed by atoms with E-state index in [-0.39, 0.29) is 17.9 Å². The van der Waals surface area contributed by atoms with Crippen LogP contribution in [0.5, 0.6) is 0 Å². The predicted octanol–water partition coefficient (Wildman–Crippen LogP) is 4.22. The van der Waals surface area contributed by atoms with Crippen LogP contribution in [-0.2, 0) is 22.4 Å². The molecule has 3 heterocycles. The van der Waals surface area contributed by atoms with E-state index in [0.717, 1.165) is 53.2 Å². The highest BCUT2D eigenvalue weighted by atomic mass is 16.3. The van der Waals surface area contributed by atoms with Crippen LogP contribution in [0.3, 0.4) is 0 Å². The molecule has 38 heavy (non-hydrogen) atoms. The number of aliphatic hydroxyl groups is 1. The van der Waals surface area contributed by atoms with E-state index >= 15 is 0 Å². The van der Waals surface area contributed by atoms with Crippen LogP contribution in [0.15, 0.2) is 71.7 Å². The van der Waals surface area contributed by atoms with Crippen LogP contribution in [-0.4, -0.2) is 51.5 Å². The van der Waals surface area contributed by atoms with Gasteiger partial charge in [-0.3, -0.25) is 14.6 Å². The van der Waals surface area contributed by atoms with Gasteiger partial charge in [0.2, 0.25) is 11.8 Å². The number of amidine groups is 1. The van der Waals surface area contributed by atoms with Gasteiger partial charge in [-0.2, -0.15) is 0 Å². The minimum Gasteiger partial charge on any atom is -0.372 e. The Hall–Kier alpha value is -4.04. The fourth-order valence-corrected chi connectivity index (χ4v) is 5.14. The third-order valence-corrected chi connectivity index (χ3v) is 6.99. The number of piperidine rings is 1. The van der Waals surface area contributed by atoms with Crippen LogP contribution in [0, 0.1) is 0 Å². The van der Waals surface area contributed by atoms with Crippen LogP contribution in [0.1, 0.15) is 43.9 Å². The summed E-state index contributed by atoms with van der Waals surface area (Å²) >= 11 is 0. The number of hydrogen-bond donors (Lipinski definition) is 3. The Morgan fingerprint density at radius 3 is 2.61 bits per heavy atom. The molecule has 2 aliphatic rings. The lowest BCUT2D eigenvalue weighted by Gasteiger charge is -2.39. The highest BCUT2D eigenvalue weighted by Gasteiger charge is 2.32. The van der Waals surface area contributed by atoms with Crippen molar-refractivity contribution in [2.45, 2.75) is 57.7 Å². The summed E-state index contributed by atoms with van der Waals surface area (Å²) in [5.74, 6) is 0.564. The number of carbonyl (C=O) groups is 2. The van der Waals surface area contributed by atoms with Crippen molar-refractivity contribution in [2.75, 3.05) is 11.9 Å². The number of carbonyl (C=O) groups excluding carboxylic acids is 2. The molecule has 2 aliphatic heterocycles. The Bertz CT molecular complexity index is 1320. The summed E-state index contributed by atoms with van der Waals surface area (Å²) in [6.45, 7) is 2.14. The number of benzene rings is 2. The number of aryl methyl sites for hydroxylation is 1. The fourth-order valence-electron chi connectivity index (χ4n) is 5.14. The van der Waals surface area contributed by atoms with E-state index in [9.17, 15) is 14.7 Å². The van der Waals surface area contributed by atoms with E-state index in [1.54, 1.807) is 0 Å². The number of aromatic nitrogens is 1. The number of fused-ring (bicyclic) bond motifs is 2. The lowest BCUT2D eigenvalue weighted by atomic mass is 9.99. The van der Waals surface area contributed by atoms with Gasteiger partial charge in [0.25, 0.3) is 0 Å². The lowest BCUT2D eigenvalue weighted by Crippen LogP contribution is -2.52. The van der Waals surface area contributed by atoms with Crippen LogP contribution < -0.4 is 10.6 Å². The predicted molar refractivity (Wildman–Crippen MR) is 148 cm³/mol. The molecule has 8 heteroatoms. The van der Waals surface area contributed by atoms with Crippen molar-refractivity contribution in [3.63, 3.8) is 0 Å². The Morgan fingerprint density at radius 2 is 1.84 bits per heavy atom. The van der Waals surface area contributed by atoms with E-state index in [1.165, 1.54) is 6.92 Å². The Morgan fingerprint density at radius 1 is 1.05 bits per heavy atom. The van der Waals surface area contributed by atoms with Crippen LogP contribution in [0.4, 0.5) is 11.4 Å². The summed E-state index contributed by atoms with van der Waals surface area (Å²) in [5, 5.41) is 17.1. The quantitative estimate of drug-likeness (QED) is 0.430. The average Bonchev–Trinajstić information content (AvgIpc) is 3.05. The average molecular weight is 512 g/mol. The second-order valence-corrected chi connectivity index (χ2v) is 9.92. The molecule has 1 aromatic heterocycles. The number of aliphatic hydroxyl groups excluding tert-OH is 1. The van der Waals surface area contributed by atoms with Gasteiger partial charge >= 0.3 is 0 Å². The zero-order valence-corrected chi connectivity index (χ0v) is 21.6. The summed E-state index contributed by atoms with van der Waals surface area (Å²) in [7, 11) is 0. The van der Waals surface area contributed by atoms with Gasteiger partial charge < -0.3 is 20.6 Å². The first-order valence-corrected chi connectivity index (χ1v) is 13.2. The Kier molecular flexibility index (Phi) is 7.79. The van der Waals surface area contributed by atoms with E-state index in [2.05, 4.69) is 15.6 Å². The van der Waals surface area contributed by atoms with E-state index in [1.807, 2.05) is 71.6 Å². The number of nitrogens with zero attached hydrogens (tertiary/aromatic N) is 3. The number of likely N-dealkylation sites (tertiary alicyclic amines) is 1. The molecule has 1 saturated heterocycles. The molecular formula is C30H33N5O3. The van der Waals surface area contributed by atoms with E-state index in [4.69, 9.17) is 4.98 Å². The maximum Gasteiger partial charge on any atom is 0.227 e. The first-order valence-electron chi connectivity index (χ1n) is 13.2. The molecule has 2 bridgehead atoms. The number of nitrogens with one attached hydrogen (secondary N) is 2. The Balaban J connectivity index is 1.26. The molecule has 8 nitrogen and oxygen atoms in total. The van der Waals surface area contributed by atoms with Crippen LogP contribution in [0.2, 0.25) is 0 Å². The zero-order valence-electron chi connectivity index (χ0n) is 21.6. The molecule has 3 N–H and O–H groups in total. The Labute approximate surface area is 222 Å². The van der Waals surface area contributed by atoms with Crippen LogP contribution >= 0.6 is 0 Å². The SMILES string of the molecule is CC(=O)NC1=Nc2cc(nc(-c3ccc(NC(O)C4CCCCN4C(=O)Cc4ccccc4)cc3)c2)CC1. The molecule has 2 atom stereocenters. The number of hydrogen-bond acceptors (Lipinski definition) is 6. The molecule has 0 radical (unpaired) electrons. The first kappa shape index (κ1) is 25.6. The lowest BCUT2D eigenvalue weighted by molar-refractivity contribution is -0.136. The van der Waals surface area contributed by atoms with Crippen LogP contribution in [0.25, 0.3) is 11.3 Å². The normalized spacial score (nSPS) is 17.7. The molecule has 0 aliphatic carbocycles. The monoisotopic (exact) mass is 511 g/mol. The molecule has 196 valence electrons. The second-order valence-electron chi connectivity index (χ2n) is 9.92. The molecule has 5 rings (SSSR count). The van der Waals surface area contributed by atoms with Gasteiger partial charge in [-0.05, 0) is 55.5 Å². The maximum atomic E-state index is 13.1. The van der Waals surface area contributed by atoms with Crippen molar-refractivity contribution in [1.82, 2.24) is 15.2 Å². The molecule has 2 unspecified atom stereocenters. The second kappa shape index (κ2) is 11.6. The smallest absolute Gasteiger partial charge is 0.227 e. The molecule has 2 aromatic carbocycles. The van der Waals surface area contributed by atoms with Crippen molar-refractivity contribution in [3.8, 4) is 11.3 Å². The highest BCUT2D eigenvalue weighted by molar-refractivity contribution is 5.98. The fraction of sp³-hybridized carbons (Fsp3) is 0.333. The van der Waals surface area contributed by atoms with Crippen molar-refractivity contribution < 1.29 is 14.7 Å². The number of rotatable bonds is 6. The largest absolute Gasteiger partial charge is 0.372 e. The number of amides is 2. The standard InChI is InChI=1S/C30H33N5O3/c1-20(36)31-28-15-14-24-18-25(33-28)19-26(32-24)22-10-12-23(13-11-22)34-30(38)27-9-5-6-16-35(27)29(37)17-21-7-3-2-4-8-21/h2-4,7-8,10-13,18-19,27,30,34,38H,5-6,9,14-17H2,1H3,(H,31,33,36). The summed E-state index contributed by atoms with van der Waals surface area (Å²) in [5.41, 5.74) is 5.19. The summed E-state index contributed by atoms with van der Waals surface area (Å²) in [4.78, 5) is 35.7. The molecule has 3 aromatic rings. The molecule has 2 amide bonds. The van der Waals surface area contributed by atoms with Crippen molar-refractivity contribution in [3.05, 3.63) is 78.0 Å². The minimum atomic E-state index is -0.871. The molecule has 0 saturated carbocycles. The third kappa shape index (κ3) is 6.26. The summed E-state index contributed by atoms with van der Waals surface area (Å²) in [6.07, 6.45) is 3.48. The van der Waals surface area contributed by atoms with Gasteiger partial charge in [0.05, 0.1) is 23.8 Å². The maximum absolute atomic E-state index is 13.1. The van der Waals surface area contributed by atoms with E-state index < -0.39 is 6.23 Å². The van der Waals surface area contributed by atoms with Crippen molar-refractivity contribution >= 4 is 29.0 Å². The zero-order chi connectivity index (χ0) is 26.5. The molecular weight excluding hydrogens is 478 g/mol. The number of pyridine rings is 1. The molecule has 0 spiro atoms. The summed E-state index contributed by atoms with van der Waals surface area (Å²) < 4.78 is 0. The van der Waals surface area contributed by atoms with Gasteiger partial charge in [-0.25, -0.2) is 4.99 Å². The van der Waals surface area contributed by atoms with E-state index in [0.29, 0.717) is 31.6 Å². The van der Waals surface area contributed by atoms with Gasteiger partial charge in [-0.1, -0.05) is 42.5 Å².